The van der Waals surface area contributed by atoms with Crippen molar-refractivity contribution in [2.75, 3.05) is 54.6 Å². The third-order valence-corrected chi connectivity index (χ3v) is 2.54. The number of methoxy groups -OCH3 is 2. The Labute approximate surface area is 109 Å². The normalized spacial score (nSPS) is 12.3. The summed E-state index contributed by atoms with van der Waals surface area (Å²) in [5.41, 5.74) is 0. The third kappa shape index (κ3) is 6.56. The van der Waals surface area contributed by atoms with Gasteiger partial charge in [0.15, 0.2) is 0 Å². The quantitative estimate of drug-likeness (QED) is 0.567. The van der Waals surface area contributed by atoms with Gasteiger partial charge in [-0.05, 0) is 14.1 Å². The lowest BCUT2D eigenvalue weighted by Gasteiger charge is -2.26. The molecule has 6 heteroatoms. The van der Waals surface area contributed by atoms with Crippen molar-refractivity contribution in [2.45, 2.75) is 6.92 Å². The number of hydrogen-bond donors (Lipinski definition) is 0. The number of likely N-dealkylation sites (N-methyl/N-ethyl adjacent to an activating group) is 1. The van der Waals surface area contributed by atoms with Gasteiger partial charge in [0.2, 0.25) is 5.91 Å². The highest BCUT2D eigenvalue weighted by Crippen LogP contribution is 2.03. The average molecular weight is 260 g/mol. The highest BCUT2D eigenvalue weighted by Gasteiger charge is 2.21. The highest BCUT2D eigenvalue weighted by molar-refractivity contribution is 5.78. The van der Waals surface area contributed by atoms with Crippen LogP contribution in [0.1, 0.15) is 6.92 Å². The third-order valence-electron chi connectivity index (χ3n) is 2.54. The first kappa shape index (κ1) is 16.9. The molecule has 0 aliphatic heterocycles. The average Bonchev–Trinajstić information content (AvgIpc) is 2.32. The Morgan fingerprint density at radius 3 is 2.22 bits per heavy atom. The van der Waals surface area contributed by atoms with E-state index in [9.17, 15) is 9.59 Å². The molecule has 0 fully saturated rings. The Kier molecular flexibility index (Phi) is 8.32. The van der Waals surface area contributed by atoms with Crippen molar-refractivity contribution in [1.29, 1.82) is 0 Å². The number of carbonyl (C=O) groups is 2. The zero-order chi connectivity index (χ0) is 14.1. The van der Waals surface area contributed by atoms with Crippen LogP contribution in [0.5, 0.6) is 0 Å². The van der Waals surface area contributed by atoms with E-state index < -0.39 is 0 Å². The molecular formula is C12H24N2O4. The van der Waals surface area contributed by atoms with Crippen molar-refractivity contribution < 1.29 is 19.1 Å². The van der Waals surface area contributed by atoms with Crippen LogP contribution in [0.4, 0.5) is 0 Å². The molecule has 106 valence electrons. The molecular weight excluding hydrogens is 236 g/mol. The fraction of sp³-hybridized carbons (Fsp3) is 0.833. The summed E-state index contributed by atoms with van der Waals surface area (Å²) >= 11 is 0. The minimum Gasteiger partial charge on any atom is -0.469 e. The van der Waals surface area contributed by atoms with Gasteiger partial charge in [-0.1, -0.05) is 6.92 Å². The van der Waals surface area contributed by atoms with E-state index in [0.717, 1.165) is 6.54 Å². The molecule has 0 radical (unpaired) electrons. The molecule has 6 nitrogen and oxygen atoms in total. The van der Waals surface area contributed by atoms with Gasteiger partial charge in [0, 0.05) is 26.7 Å². The number of amides is 1. The minimum absolute atomic E-state index is 0.0291. The monoisotopic (exact) mass is 260 g/mol. The van der Waals surface area contributed by atoms with E-state index in [-0.39, 0.29) is 24.4 Å². The summed E-state index contributed by atoms with van der Waals surface area (Å²) in [6.07, 6.45) is 0. The molecule has 1 atom stereocenters. The maximum atomic E-state index is 11.8. The second-order valence-electron chi connectivity index (χ2n) is 4.50. The molecule has 0 saturated carbocycles. The van der Waals surface area contributed by atoms with Crippen LogP contribution in [0.3, 0.4) is 0 Å². The van der Waals surface area contributed by atoms with Gasteiger partial charge < -0.3 is 19.3 Å². The summed E-state index contributed by atoms with van der Waals surface area (Å²) in [6.45, 7) is 3.43. The summed E-state index contributed by atoms with van der Waals surface area (Å²) < 4.78 is 9.50. The van der Waals surface area contributed by atoms with E-state index >= 15 is 0 Å². The van der Waals surface area contributed by atoms with Gasteiger partial charge in [-0.2, -0.15) is 0 Å². The molecule has 18 heavy (non-hydrogen) atoms. The van der Waals surface area contributed by atoms with Gasteiger partial charge in [0.1, 0.15) is 6.61 Å². The van der Waals surface area contributed by atoms with Crippen LogP contribution in [0.25, 0.3) is 0 Å². The highest BCUT2D eigenvalue weighted by atomic mass is 16.5. The number of hydrogen-bond acceptors (Lipinski definition) is 5. The summed E-state index contributed by atoms with van der Waals surface area (Å²) in [5.74, 6) is -0.761. The summed E-state index contributed by atoms with van der Waals surface area (Å²) in [5, 5.41) is 0. The van der Waals surface area contributed by atoms with Gasteiger partial charge in [-0.3, -0.25) is 9.59 Å². The van der Waals surface area contributed by atoms with Gasteiger partial charge >= 0.3 is 5.97 Å². The van der Waals surface area contributed by atoms with Gasteiger partial charge in [-0.25, -0.2) is 0 Å². The lowest BCUT2D eigenvalue weighted by molar-refractivity contribution is -0.147. The molecule has 0 aliphatic carbocycles. The van der Waals surface area contributed by atoms with Gasteiger partial charge in [0.05, 0.1) is 13.0 Å². The van der Waals surface area contributed by atoms with E-state index in [2.05, 4.69) is 4.74 Å². The van der Waals surface area contributed by atoms with Gasteiger partial charge in [0.25, 0.3) is 0 Å². The topological polar surface area (TPSA) is 59.1 Å². The summed E-state index contributed by atoms with van der Waals surface area (Å²) in [6, 6.07) is 0. The van der Waals surface area contributed by atoms with E-state index in [4.69, 9.17) is 4.74 Å². The second kappa shape index (κ2) is 8.88. The molecule has 0 spiro atoms. The minimum atomic E-state index is -0.335. The lowest BCUT2D eigenvalue weighted by atomic mass is 10.1. The molecule has 0 aromatic rings. The standard InChI is InChI=1S/C12H24N2O4/c1-10(12(16)18-5)8-14(7-6-13(2)3)11(15)9-17-4/h10H,6-9H2,1-5H3. The summed E-state index contributed by atoms with van der Waals surface area (Å²) in [4.78, 5) is 26.8. The first-order valence-electron chi connectivity index (χ1n) is 5.91. The first-order chi connectivity index (χ1) is 8.42. The number of carbonyl (C=O) groups excluding carboxylic acids is 2. The van der Waals surface area contributed by atoms with Crippen LogP contribution in [0.15, 0.2) is 0 Å². The zero-order valence-electron chi connectivity index (χ0n) is 11.9. The fourth-order valence-corrected chi connectivity index (χ4v) is 1.46. The molecule has 0 aromatic carbocycles. The number of nitrogens with zero attached hydrogens (tertiary/aromatic N) is 2. The molecule has 0 saturated heterocycles. The second-order valence-corrected chi connectivity index (χ2v) is 4.50. The molecule has 0 N–H and O–H groups in total. The number of ether oxygens (including phenoxy) is 2. The Hall–Kier alpha value is -1.14. The fourth-order valence-electron chi connectivity index (χ4n) is 1.46. The van der Waals surface area contributed by atoms with E-state index in [1.165, 1.54) is 14.2 Å². The molecule has 0 rings (SSSR count). The van der Waals surface area contributed by atoms with Crippen LogP contribution in [0.2, 0.25) is 0 Å². The van der Waals surface area contributed by atoms with E-state index in [1.54, 1.807) is 11.8 Å². The van der Waals surface area contributed by atoms with Crippen molar-refractivity contribution in [3.8, 4) is 0 Å². The number of esters is 1. The first-order valence-corrected chi connectivity index (χ1v) is 5.91. The SMILES string of the molecule is COCC(=O)N(CCN(C)C)CC(C)C(=O)OC. The van der Waals surface area contributed by atoms with Crippen LogP contribution >= 0.6 is 0 Å². The molecule has 0 aliphatic rings. The molecule has 1 amide bonds. The Balaban J connectivity index is 4.45. The van der Waals surface area contributed by atoms with Crippen molar-refractivity contribution in [3.63, 3.8) is 0 Å². The van der Waals surface area contributed by atoms with Crippen molar-refractivity contribution >= 4 is 11.9 Å². The molecule has 0 heterocycles. The Bertz CT molecular complexity index is 269. The number of rotatable bonds is 8. The van der Waals surface area contributed by atoms with Crippen molar-refractivity contribution in [3.05, 3.63) is 0 Å². The maximum Gasteiger partial charge on any atom is 0.310 e. The summed E-state index contributed by atoms with van der Waals surface area (Å²) in [7, 11) is 6.69. The maximum absolute atomic E-state index is 11.8. The largest absolute Gasteiger partial charge is 0.469 e. The predicted molar refractivity (Wildman–Crippen MR) is 68.2 cm³/mol. The smallest absolute Gasteiger partial charge is 0.310 e. The molecule has 1 unspecified atom stereocenters. The predicted octanol–water partition coefficient (Wildman–Crippen LogP) is -0.168. The zero-order valence-corrected chi connectivity index (χ0v) is 11.9. The Morgan fingerprint density at radius 1 is 1.17 bits per heavy atom. The van der Waals surface area contributed by atoms with E-state index in [0.29, 0.717) is 13.1 Å². The van der Waals surface area contributed by atoms with Crippen LogP contribution in [0, 0.1) is 5.92 Å². The lowest BCUT2D eigenvalue weighted by Crippen LogP contribution is -2.42. The van der Waals surface area contributed by atoms with Crippen molar-refractivity contribution in [2.24, 2.45) is 5.92 Å². The van der Waals surface area contributed by atoms with Crippen LogP contribution in [-0.2, 0) is 19.1 Å². The van der Waals surface area contributed by atoms with Crippen LogP contribution in [-0.4, -0.2) is 76.2 Å². The van der Waals surface area contributed by atoms with Crippen LogP contribution < -0.4 is 0 Å². The molecule has 0 bridgehead atoms. The Morgan fingerprint density at radius 2 is 1.78 bits per heavy atom. The van der Waals surface area contributed by atoms with Gasteiger partial charge in [-0.15, -0.1) is 0 Å². The van der Waals surface area contributed by atoms with E-state index in [1.807, 2.05) is 19.0 Å². The van der Waals surface area contributed by atoms with Crippen molar-refractivity contribution in [1.82, 2.24) is 9.80 Å². The molecule has 0 aromatic heterocycles.